The number of sulfonamides is 1. The standard InChI is InChI=1S/C23H20N2O6S/c1-25(32(27,28)21-13-11-19(29-2)12-14-21)18-7-9-20(10-8-18)31-23(26)16-30-22-6-4-3-5-17(22)15-24/h3-14H,16H2,1-2H3. The number of hydrogen-bond acceptors (Lipinski definition) is 7. The van der Waals surface area contributed by atoms with E-state index in [0.29, 0.717) is 17.0 Å². The minimum Gasteiger partial charge on any atom is -0.497 e. The number of benzene rings is 3. The van der Waals surface area contributed by atoms with Crippen LogP contribution in [0, 0.1) is 11.3 Å². The molecule has 3 rings (SSSR count). The quantitative estimate of drug-likeness (QED) is 0.381. The van der Waals surface area contributed by atoms with E-state index in [4.69, 9.17) is 19.5 Å². The molecule has 0 atom stereocenters. The van der Waals surface area contributed by atoms with E-state index >= 15 is 0 Å². The van der Waals surface area contributed by atoms with Crippen LogP contribution in [-0.2, 0) is 14.8 Å². The summed E-state index contributed by atoms with van der Waals surface area (Å²) in [6.45, 7) is -0.383. The summed E-state index contributed by atoms with van der Waals surface area (Å²) >= 11 is 0. The summed E-state index contributed by atoms with van der Waals surface area (Å²) in [6, 6.07) is 20.6. The van der Waals surface area contributed by atoms with Crippen molar-refractivity contribution in [1.82, 2.24) is 0 Å². The van der Waals surface area contributed by atoms with Gasteiger partial charge < -0.3 is 14.2 Å². The molecule has 0 spiro atoms. The topological polar surface area (TPSA) is 106 Å². The first-order chi connectivity index (χ1) is 15.3. The van der Waals surface area contributed by atoms with Crippen LogP contribution >= 0.6 is 0 Å². The number of rotatable bonds is 8. The van der Waals surface area contributed by atoms with Gasteiger partial charge in [0.2, 0.25) is 0 Å². The molecule has 164 valence electrons. The van der Waals surface area contributed by atoms with Gasteiger partial charge in [-0.2, -0.15) is 5.26 Å². The van der Waals surface area contributed by atoms with Crippen LogP contribution < -0.4 is 18.5 Å². The summed E-state index contributed by atoms with van der Waals surface area (Å²) in [5.74, 6) is 0.404. The first-order valence-electron chi connectivity index (χ1n) is 9.41. The molecule has 0 bridgehead atoms. The van der Waals surface area contributed by atoms with Crippen molar-refractivity contribution in [3.8, 4) is 23.3 Å². The van der Waals surface area contributed by atoms with Crippen LogP contribution in [0.5, 0.6) is 17.2 Å². The van der Waals surface area contributed by atoms with Crippen molar-refractivity contribution in [2.24, 2.45) is 0 Å². The zero-order chi connectivity index (χ0) is 23.1. The highest BCUT2D eigenvalue weighted by Crippen LogP contribution is 2.25. The Morgan fingerprint density at radius 2 is 1.59 bits per heavy atom. The van der Waals surface area contributed by atoms with Crippen molar-refractivity contribution in [3.05, 3.63) is 78.4 Å². The minimum absolute atomic E-state index is 0.117. The number of hydrogen-bond donors (Lipinski definition) is 0. The Kier molecular flexibility index (Phi) is 6.97. The van der Waals surface area contributed by atoms with Gasteiger partial charge >= 0.3 is 5.97 Å². The van der Waals surface area contributed by atoms with Crippen LogP contribution in [0.4, 0.5) is 5.69 Å². The number of nitriles is 1. The van der Waals surface area contributed by atoms with Crippen LogP contribution in [0.3, 0.4) is 0 Å². The van der Waals surface area contributed by atoms with Gasteiger partial charge in [-0.25, -0.2) is 13.2 Å². The third-order valence-electron chi connectivity index (χ3n) is 4.50. The molecule has 3 aromatic rings. The van der Waals surface area contributed by atoms with Gasteiger partial charge in [0.05, 0.1) is 23.3 Å². The predicted octanol–water partition coefficient (Wildman–Crippen LogP) is 3.38. The lowest BCUT2D eigenvalue weighted by atomic mass is 10.2. The maximum Gasteiger partial charge on any atom is 0.349 e. The first-order valence-corrected chi connectivity index (χ1v) is 10.8. The molecule has 0 fully saturated rings. The van der Waals surface area contributed by atoms with Gasteiger partial charge in [-0.05, 0) is 60.7 Å². The number of ether oxygens (including phenoxy) is 3. The van der Waals surface area contributed by atoms with Crippen molar-refractivity contribution in [2.75, 3.05) is 25.1 Å². The maximum atomic E-state index is 12.8. The van der Waals surface area contributed by atoms with Gasteiger partial charge in [-0.15, -0.1) is 0 Å². The van der Waals surface area contributed by atoms with E-state index in [1.807, 2.05) is 6.07 Å². The number of methoxy groups -OCH3 is 1. The highest BCUT2D eigenvalue weighted by atomic mass is 32.2. The van der Waals surface area contributed by atoms with E-state index in [9.17, 15) is 13.2 Å². The third kappa shape index (κ3) is 5.17. The fraction of sp³-hybridized carbons (Fsp3) is 0.130. The molecule has 0 aliphatic carbocycles. The number of carbonyl (C=O) groups is 1. The summed E-state index contributed by atoms with van der Waals surface area (Å²) in [7, 11) is -0.842. The molecule has 0 amide bonds. The maximum absolute atomic E-state index is 12.8. The number of esters is 1. The van der Waals surface area contributed by atoms with E-state index in [1.54, 1.807) is 36.4 Å². The molecule has 0 saturated carbocycles. The number of para-hydroxylation sites is 1. The molecule has 3 aromatic carbocycles. The van der Waals surface area contributed by atoms with Crippen LogP contribution in [0.25, 0.3) is 0 Å². The van der Waals surface area contributed by atoms with Gasteiger partial charge in [-0.3, -0.25) is 4.31 Å². The third-order valence-corrected chi connectivity index (χ3v) is 6.30. The second kappa shape index (κ2) is 9.85. The van der Waals surface area contributed by atoms with Gasteiger partial charge in [-0.1, -0.05) is 12.1 Å². The zero-order valence-electron chi connectivity index (χ0n) is 17.4. The Morgan fingerprint density at radius 1 is 0.969 bits per heavy atom. The Bertz CT molecular complexity index is 1230. The molecule has 0 unspecified atom stereocenters. The van der Waals surface area contributed by atoms with E-state index in [2.05, 4.69) is 0 Å². The molecule has 8 nitrogen and oxygen atoms in total. The Morgan fingerprint density at radius 3 is 2.22 bits per heavy atom. The van der Waals surface area contributed by atoms with Crippen molar-refractivity contribution in [2.45, 2.75) is 4.90 Å². The Hall–Kier alpha value is -4.03. The van der Waals surface area contributed by atoms with Crippen LogP contribution in [-0.4, -0.2) is 35.2 Å². The second-order valence-electron chi connectivity index (χ2n) is 6.51. The van der Waals surface area contributed by atoms with E-state index in [0.717, 1.165) is 4.31 Å². The molecule has 0 radical (unpaired) electrons. The average Bonchev–Trinajstić information content (AvgIpc) is 2.83. The molecular weight excluding hydrogens is 432 g/mol. The summed E-state index contributed by atoms with van der Waals surface area (Å²) in [6.07, 6.45) is 0. The van der Waals surface area contributed by atoms with Crippen LogP contribution in [0.15, 0.2) is 77.7 Å². The molecular formula is C23H20N2O6S. The molecule has 0 N–H and O–H groups in total. The van der Waals surface area contributed by atoms with E-state index in [-0.39, 0.29) is 23.0 Å². The van der Waals surface area contributed by atoms with Gasteiger partial charge in [0.15, 0.2) is 6.61 Å². The lowest BCUT2D eigenvalue weighted by Gasteiger charge is -2.20. The van der Waals surface area contributed by atoms with Crippen molar-refractivity contribution in [3.63, 3.8) is 0 Å². The fourth-order valence-corrected chi connectivity index (χ4v) is 3.95. The van der Waals surface area contributed by atoms with Gasteiger partial charge in [0, 0.05) is 7.05 Å². The summed E-state index contributed by atoms with van der Waals surface area (Å²) < 4.78 is 42.4. The Balaban J connectivity index is 1.63. The van der Waals surface area contributed by atoms with Crippen molar-refractivity contribution >= 4 is 21.7 Å². The largest absolute Gasteiger partial charge is 0.497 e. The van der Waals surface area contributed by atoms with Crippen LogP contribution in [0.2, 0.25) is 0 Å². The number of anilines is 1. The molecule has 32 heavy (non-hydrogen) atoms. The van der Waals surface area contributed by atoms with E-state index in [1.165, 1.54) is 50.6 Å². The SMILES string of the molecule is COc1ccc(S(=O)(=O)N(C)c2ccc(OC(=O)COc3ccccc3C#N)cc2)cc1. The summed E-state index contributed by atoms with van der Waals surface area (Å²) in [5.41, 5.74) is 0.700. The molecule has 0 saturated heterocycles. The summed E-state index contributed by atoms with van der Waals surface area (Å²) in [4.78, 5) is 12.2. The lowest BCUT2D eigenvalue weighted by Crippen LogP contribution is -2.26. The average molecular weight is 452 g/mol. The normalized spacial score (nSPS) is 10.7. The monoisotopic (exact) mass is 452 g/mol. The van der Waals surface area contributed by atoms with Crippen molar-refractivity contribution in [1.29, 1.82) is 5.26 Å². The summed E-state index contributed by atoms with van der Waals surface area (Å²) in [5, 5.41) is 9.04. The second-order valence-corrected chi connectivity index (χ2v) is 8.48. The highest BCUT2D eigenvalue weighted by molar-refractivity contribution is 7.92. The van der Waals surface area contributed by atoms with Gasteiger partial charge in [0.1, 0.15) is 23.3 Å². The zero-order valence-corrected chi connectivity index (χ0v) is 18.2. The molecule has 9 heteroatoms. The predicted molar refractivity (Wildman–Crippen MR) is 117 cm³/mol. The molecule has 0 aliphatic rings. The van der Waals surface area contributed by atoms with E-state index < -0.39 is 16.0 Å². The molecule has 0 heterocycles. The number of nitrogens with zero attached hydrogens (tertiary/aromatic N) is 2. The lowest BCUT2D eigenvalue weighted by molar-refractivity contribution is -0.136. The molecule has 0 aromatic heterocycles. The highest BCUT2D eigenvalue weighted by Gasteiger charge is 2.21. The fourth-order valence-electron chi connectivity index (χ4n) is 2.75. The van der Waals surface area contributed by atoms with Crippen LogP contribution in [0.1, 0.15) is 5.56 Å². The molecule has 0 aliphatic heterocycles. The first kappa shape index (κ1) is 22.7. The van der Waals surface area contributed by atoms with Gasteiger partial charge in [0.25, 0.3) is 10.0 Å². The minimum atomic E-state index is -3.78. The Labute approximate surface area is 186 Å². The number of carbonyl (C=O) groups excluding carboxylic acids is 1. The van der Waals surface area contributed by atoms with Crippen molar-refractivity contribution < 1.29 is 27.4 Å². The smallest absolute Gasteiger partial charge is 0.349 e.